The van der Waals surface area contributed by atoms with Gasteiger partial charge in [0.2, 0.25) is 5.95 Å². The lowest BCUT2D eigenvalue weighted by molar-refractivity contribution is -0.0651. The molecule has 4 aromatic rings. The Morgan fingerprint density at radius 3 is 2.68 bits per heavy atom. The minimum atomic E-state index is -2.72. The van der Waals surface area contributed by atoms with Crippen LogP contribution in [0.25, 0.3) is 11.0 Å². The van der Waals surface area contributed by atoms with Gasteiger partial charge in [0.15, 0.2) is 0 Å². The number of anilines is 3. The van der Waals surface area contributed by atoms with Crippen LogP contribution in [0, 0.1) is 5.92 Å². The molecule has 3 heterocycles. The van der Waals surface area contributed by atoms with Gasteiger partial charge >= 0.3 is 0 Å². The number of amides is 1. The highest BCUT2D eigenvalue weighted by atomic mass is 35.5. The fourth-order valence-electron chi connectivity index (χ4n) is 5.11. The first kappa shape index (κ1) is 29.4. The Bertz CT molecular complexity index is 1580. The summed E-state index contributed by atoms with van der Waals surface area (Å²) in [5, 5.41) is 7.19. The molecule has 1 aliphatic rings. The number of nitrogens with one attached hydrogen (secondary N) is 2. The van der Waals surface area contributed by atoms with Gasteiger partial charge in [-0.2, -0.15) is 0 Å². The zero-order valence-corrected chi connectivity index (χ0v) is 24.8. The van der Waals surface area contributed by atoms with Crippen molar-refractivity contribution in [2.45, 2.75) is 38.7 Å². The maximum atomic E-state index is 14.5. The van der Waals surface area contributed by atoms with Crippen LogP contribution < -0.4 is 15.5 Å². The molecule has 1 unspecified atom stereocenters. The molecule has 2 N–H and O–H groups in total. The quantitative estimate of drug-likeness (QED) is 0.210. The van der Waals surface area contributed by atoms with E-state index in [1.165, 1.54) is 6.92 Å². The van der Waals surface area contributed by atoms with E-state index in [0.717, 1.165) is 5.52 Å². The third-order valence-corrected chi connectivity index (χ3v) is 8.57. The number of rotatable bonds is 8. The molecular weight excluding hydrogens is 593 g/mol. The van der Waals surface area contributed by atoms with Crippen molar-refractivity contribution in [2.75, 3.05) is 23.3 Å². The van der Waals surface area contributed by atoms with E-state index in [9.17, 15) is 13.6 Å². The van der Waals surface area contributed by atoms with Crippen molar-refractivity contribution in [3.63, 3.8) is 0 Å². The van der Waals surface area contributed by atoms with E-state index in [4.69, 9.17) is 34.8 Å². The standard InChI is InChI=1S/C29H29Cl3F2N6O/c1-3-29(33,34)18-7-6-12-40(16-18)23-14-24-22(13-20(23)31)37-28(39(24)2)38-26-19(30)10-9-17(25(26)32)15-36-27(41)21-8-4-5-11-35-21/h4-5,8-11,13-14,18H,3,6-7,12,15-16H2,1-2H3,(H,36,41)(H,37,38). The summed E-state index contributed by atoms with van der Waals surface area (Å²) in [5.74, 6) is -3.30. The molecular formula is C29H29Cl3F2N6O. The summed E-state index contributed by atoms with van der Waals surface area (Å²) < 4.78 is 30.8. The number of fused-ring (bicyclic) bond motifs is 1. The first-order valence-corrected chi connectivity index (χ1v) is 14.4. The molecule has 0 spiro atoms. The van der Waals surface area contributed by atoms with Crippen molar-refractivity contribution < 1.29 is 13.6 Å². The van der Waals surface area contributed by atoms with Crippen LogP contribution >= 0.6 is 34.8 Å². The summed E-state index contributed by atoms with van der Waals surface area (Å²) in [4.78, 5) is 23.1. The Morgan fingerprint density at radius 2 is 1.95 bits per heavy atom. The average Bonchev–Trinajstić information content (AvgIpc) is 3.28. The summed E-state index contributed by atoms with van der Waals surface area (Å²) in [5.41, 5.74) is 3.48. The Morgan fingerprint density at radius 1 is 1.15 bits per heavy atom. The molecule has 1 atom stereocenters. The number of benzene rings is 2. The Hall–Kier alpha value is -3.14. The highest BCUT2D eigenvalue weighted by molar-refractivity contribution is 6.39. The number of imidazole rings is 1. The molecule has 0 aliphatic carbocycles. The number of carbonyl (C=O) groups excluding carboxylic acids is 1. The molecule has 1 amide bonds. The van der Waals surface area contributed by atoms with Gasteiger partial charge in [0.05, 0.1) is 37.5 Å². The second-order valence-electron chi connectivity index (χ2n) is 10.1. The lowest BCUT2D eigenvalue weighted by atomic mass is 9.90. The predicted molar refractivity (Wildman–Crippen MR) is 161 cm³/mol. The van der Waals surface area contributed by atoms with Crippen LogP contribution in [0.2, 0.25) is 15.1 Å². The molecule has 2 aromatic carbocycles. The van der Waals surface area contributed by atoms with Crippen LogP contribution in [0.4, 0.5) is 26.1 Å². The fraction of sp³-hybridized carbons (Fsp3) is 0.345. The predicted octanol–water partition coefficient (Wildman–Crippen LogP) is 7.86. The number of carbonyl (C=O) groups is 1. The Balaban J connectivity index is 1.39. The molecule has 0 bridgehead atoms. The van der Waals surface area contributed by atoms with Gasteiger partial charge in [0, 0.05) is 45.2 Å². The van der Waals surface area contributed by atoms with Gasteiger partial charge in [-0.1, -0.05) is 53.9 Å². The van der Waals surface area contributed by atoms with E-state index >= 15 is 0 Å². The van der Waals surface area contributed by atoms with Crippen molar-refractivity contribution in [3.05, 3.63) is 75.0 Å². The Kier molecular flexibility index (Phi) is 8.59. The maximum absolute atomic E-state index is 14.5. The fourth-order valence-corrected chi connectivity index (χ4v) is 5.92. The number of halogens is 5. The summed E-state index contributed by atoms with van der Waals surface area (Å²) in [7, 11) is 1.83. The zero-order valence-electron chi connectivity index (χ0n) is 22.5. The molecule has 0 saturated carbocycles. The minimum absolute atomic E-state index is 0.162. The molecule has 2 aromatic heterocycles. The van der Waals surface area contributed by atoms with Crippen LogP contribution in [0.5, 0.6) is 0 Å². The van der Waals surface area contributed by atoms with Crippen molar-refractivity contribution >= 4 is 69.1 Å². The summed E-state index contributed by atoms with van der Waals surface area (Å²) in [6, 6.07) is 12.1. The lowest BCUT2D eigenvalue weighted by Gasteiger charge is -2.38. The second kappa shape index (κ2) is 12.0. The Labute approximate surface area is 251 Å². The van der Waals surface area contributed by atoms with Gasteiger partial charge in [-0.05, 0) is 48.7 Å². The van der Waals surface area contributed by atoms with Crippen LogP contribution in [0.3, 0.4) is 0 Å². The van der Waals surface area contributed by atoms with Gasteiger partial charge in [0.25, 0.3) is 11.8 Å². The number of hydrogen-bond acceptors (Lipinski definition) is 5. The van der Waals surface area contributed by atoms with E-state index in [1.807, 2.05) is 22.6 Å². The van der Waals surface area contributed by atoms with E-state index in [1.54, 1.807) is 42.6 Å². The first-order chi connectivity index (χ1) is 19.6. The molecule has 7 nitrogen and oxygen atoms in total. The van der Waals surface area contributed by atoms with Crippen molar-refractivity contribution in [2.24, 2.45) is 13.0 Å². The number of piperidine rings is 1. The number of aromatic nitrogens is 3. The monoisotopic (exact) mass is 620 g/mol. The molecule has 1 aliphatic heterocycles. The largest absolute Gasteiger partial charge is 0.370 e. The number of alkyl halides is 2. The second-order valence-corrected chi connectivity index (χ2v) is 11.3. The summed E-state index contributed by atoms with van der Waals surface area (Å²) in [6.45, 7) is 2.58. The first-order valence-electron chi connectivity index (χ1n) is 13.3. The van der Waals surface area contributed by atoms with Gasteiger partial charge in [-0.25, -0.2) is 13.8 Å². The smallest absolute Gasteiger partial charge is 0.270 e. The van der Waals surface area contributed by atoms with E-state index in [2.05, 4.69) is 20.6 Å². The molecule has 41 heavy (non-hydrogen) atoms. The van der Waals surface area contributed by atoms with Crippen molar-refractivity contribution in [1.82, 2.24) is 19.9 Å². The SMILES string of the molecule is CCC(F)(F)C1CCCN(c2cc3c(cc2Cl)nc(Nc2c(Cl)ccc(CNC(=O)c4ccccn4)c2Cl)n3C)C1. The van der Waals surface area contributed by atoms with Gasteiger partial charge in [0.1, 0.15) is 5.69 Å². The van der Waals surface area contributed by atoms with Gasteiger partial charge < -0.3 is 20.1 Å². The number of hydrogen-bond donors (Lipinski definition) is 2. The number of nitrogens with zero attached hydrogens (tertiary/aromatic N) is 4. The van der Waals surface area contributed by atoms with Crippen LogP contribution in [0.1, 0.15) is 42.2 Å². The highest BCUT2D eigenvalue weighted by Crippen LogP contribution is 2.40. The third kappa shape index (κ3) is 6.08. The minimum Gasteiger partial charge on any atom is -0.370 e. The number of aryl methyl sites for hydroxylation is 1. The normalized spacial score (nSPS) is 15.8. The average molecular weight is 622 g/mol. The third-order valence-electron chi connectivity index (χ3n) is 7.52. The topological polar surface area (TPSA) is 75.1 Å². The van der Waals surface area contributed by atoms with E-state index in [0.29, 0.717) is 68.6 Å². The molecule has 1 saturated heterocycles. The van der Waals surface area contributed by atoms with Gasteiger partial charge in [-0.15, -0.1) is 0 Å². The zero-order chi connectivity index (χ0) is 29.3. The van der Waals surface area contributed by atoms with Crippen molar-refractivity contribution in [1.29, 1.82) is 0 Å². The molecule has 12 heteroatoms. The van der Waals surface area contributed by atoms with E-state index < -0.39 is 11.8 Å². The highest BCUT2D eigenvalue weighted by Gasteiger charge is 2.40. The molecule has 5 rings (SSSR count). The van der Waals surface area contributed by atoms with Crippen molar-refractivity contribution in [3.8, 4) is 0 Å². The van der Waals surface area contributed by atoms with Crippen LogP contribution in [0.15, 0.2) is 48.7 Å². The van der Waals surface area contributed by atoms with Crippen LogP contribution in [-0.4, -0.2) is 39.5 Å². The lowest BCUT2D eigenvalue weighted by Crippen LogP contribution is -2.43. The molecule has 0 radical (unpaired) electrons. The summed E-state index contributed by atoms with van der Waals surface area (Å²) >= 11 is 19.9. The molecule has 1 fully saturated rings. The van der Waals surface area contributed by atoms with Gasteiger partial charge in [-0.3, -0.25) is 9.78 Å². The molecule has 216 valence electrons. The summed E-state index contributed by atoms with van der Waals surface area (Å²) in [6.07, 6.45) is 2.53. The van der Waals surface area contributed by atoms with E-state index in [-0.39, 0.29) is 25.4 Å². The van der Waals surface area contributed by atoms with Crippen LogP contribution in [-0.2, 0) is 13.6 Å². The maximum Gasteiger partial charge on any atom is 0.270 e. The number of pyridine rings is 1.